The fourth-order valence-electron chi connectivity index (χ4n) is 2.33. The first-order valence-electron chi connectivity index (χ1n) is 7.92. The lowest BCUT2D eigenvalue weighted by molar-refractivity contribution is -0.0512. The maximum atomic E-state index is 12.5. The highest BCUT2D eigenvalue weighted by atomic mass is 32.1. The Morgan fingerprint density at radius 1 is 1.23 bits per heavy atom. The molecule has 0 atom stereocenters. The lowest BCUT2D eigenvalue weighted by atomic mass is 10.2. The van der Waals surface area contributed by atoms with Crippen LogP contribution < -0.4 is 20.1 Å². The molecule has 0 saturated heterocycles. The molecule has 0 aliphatic heterocycles. The van der Waals surface area contributed by atoms with Gasteiger partial charge in [0.2, 0.25) is 0 Å². The van der Waals surface area contributed by atoms with Gasteiger partial charge in [-0.15, -0.1) is 11.3 Å². The molecule has 26 heavy (non-hydrogen) atoms. The van der Waals surface area contributed by atoms with Gasteiger partial charge in [-0.1, -0.05) is 6.07 Å². The van der Waals surface area contributed by atoms with Crippen molar-refractivity contribution in [3.8, 4) is 11.5 Å². The van der Waals surface area contributed by atoms with E-state index in [0.717, 1.165) is 21.1 Å². The van der Waals surface area contributed by atoms with E-state index in [1.165, 1.54) is 13.2 Å². The van der Waals surface area contributed by atoms with Crippen LogP contribution in [0.4, 0.5) is 8.78 Å². The predicted molar refractivity (Wildman–Crippen MR) is 98.3 cm³/mol. The Kier molecular flexibility index (Phi) is 7.14. The van der Waals surface area contributed by atoms with E-state index in [-0.39, 0.29) is 11.5 Å². The smallest absolute Gasteiger partial charge is 0.387 e. The fourth-order valence-corrected chi connectivity index (χ4v) is 3.20. The standard InChI is InChI=1S/C17H22F2N4O2S/c1-10-15(26-11(2)23-10)9-22-17(20-3)21-8-12-5-6-13(24-4)14(7-12)25-16(18)19/h5-7,16H,8-9H2,1-4H3,(H2,20,21,22). The summed E-state index contributed by atoms with van der Waals surface area (Å²) in [5, 5.41) is 7.37. The zero-order chi connectivity index (χ0) is 19.1. The molecule has 0 aliphatic carbocycles. The van der Waals surface area contributed by atoms with Crippen molar-refractivity contribution in [3.05, 3.63) is 39.3 Å². The van der Waals surface area contributed by atoms with Crippen molar-refractivity contribution >= 4 is 17.3 Å². The van der Waals surface area contributed by atoms with E-state index in [0.29, 0.717) is 19.0 Å². The van der Waals surface area contributed by atoms with Gasteiger partial charge in [0.05, 0.1) is 24.4 Å². The summed E-state index contributed by atoms with van der Waals surface area (Å²) in [4.78, 5) is 9.69. The van der Waals surface area contributed by atoms with Crippen LogP contribution >= 0.6 is 11.3 Å². The van der Waals surface area contributed by atoms with Crippen LogP contribution in [0.1, 0.15) is 21.1 Å². The zero-order valence-corrected chi connectivity index (χ0v) is 15.9. The number of aryl methyl sites for hydroxylation is 2. The van der Waals surface area contributed by atoms with Crippen molar-refractivity contribution in [1.29, 1.82) is 0 Å². The molecule has 2 rings (SSSR count). The number of rotatable bonds is 7. The van der Waals surface area contributed by atoms with E-state index < -0.39 is 6.61 Å². The Labute approximate surface area is 155 Å². The lowest BCUT2D eigenvalue weighted by Crippen LogP contribution is -2.36. The summed E-state index contributed by atoms with van der Waals surface area (Å²) in [6, 6.07) is 4.88. The molecule has 0 radical (unpaired) electrons. The molecule has 1 heterocycles. The number of aliphatic imine (C=N–C) groups is 1. The monoisotopic (exact) mass is 384 g/mol. The van der Waals surface area contributed by atoms with E-state index in [2.05, 4.69) is 25.3 Å². The first kappa shape index (κ1) is 19.9. The Balaban J connectivity index is 1.96. The molecule has 9 heteroatoms. The molecular formula is C17H22F2N4O2S. The summed E-state index contributed by atoms with van der Waals surface area (Å²) in [5.41, 5.74) is 1.76. The number of ether oxygens (including phenoxy) is 2. The summed E-state index contributed by atoms with van der Waals surface area (Å²) < 4.78 is 34.5. The highest BCUT2D eigenvalue weighted by Crippen LogP contribution is 2.29. The minimum Gasteiger partial charge on any atom is -0.493 e. The van der Waals surface area contributed by atoms with Gasteiger partial charge in [-0.25, -0.2) is 4.98 Å². The van der Waals surface area contributed by atoms with Crippen LogP contribution in [0, 0.1) is 13.8 Å². The number of hydrogen-bond acceptors (Lipinski definition) is 5. The molecule has 2 aromatic rings. The average Bonchev–Trinajstić information content (AvgIpc) is 2.92. The first-order chi connectivity index (χ1) is 12.4. The highest BCUT2D eigenvalue weighted by Gasteiger charge is 2.12. The van der Waals surface area contributed by atoms with E-state index in [9.17, 15) is 8.78 Å². The highest BCUT2D eigenvalue weighted by molar-refractivity contribution is 7.11. The number of halogens is 2. The minimum absolute atomic E-state index is 0.000469. The molecule has 0 aliphatic rings. The number of methoxy groups -OCH3 is 1. The SMILES string of the molecule is CN=C(NCc1ccc(OC)c(OC(F)F)c1)NCc1sc(C)nc1C. The normalized spacial score (nSPS) is 11.6. The average molecular weight is 384 g/mol. The van der Waals surface area contributed by atoms with Crippen LogP contribution in [0.25, 0.3) is 0 Å². The van der Waals surface area contributed by atoms with Crippen molar-refractivity contribution < 1.29 is 18.3 Å². The molecule has 1 aromatic carbocycles. The van der Waals surface area contributed by atoms with Gasteiger partial charge in [-0.3, -0.25) is 4.99 Å². The second-order valence-corrected chi connectivity index (χ2v) is 6.67. The molecule has 1 aromatic heterocycles. The summed E-state index contributed by atoms with van der Waals surface area (Å²) >= 11 is 1.64. The minimum atomic E-state index is -2.91. The Morgan fingerprint density at radius 3 is 2.54 bits per heavy atom. The largest absolute Gasteiger partial charge is 0.493 e. The van der Waals surface area contributed by atoms with Gasteiger partial charge in [0.15, 0.2) is 17.5 Å². The molecule has 0 amide bonds. The summed E-state index contributed by atoms with van der Waals surface area (Å²) in [5.74, 6) is 0.857. The molecule has 6 nitrogen and oxygen atoms in total. The molecule has 142 valence electrons. The van der Waals surface area contributed by atoms with Crippen LogP contribution in [0.3, 0.4) is 0 Å². The molecule has 0 spiro atoms. The third kappa shape index (κ3) is 5.55. The maximum Gasteiger partial charge on any atom is 0.387 e. The van der Waals surface area contributed by atoms with E-state index in [1.807, 2.05) is 13.8 Å². The van der Waals surface area contributed by atoms with Crippen molar-refractivity contribution in [2.24, 2.45) is 4.99 Å². The van der Waals surface area contributed by atoms with Crippen molar-refractivity contribution in [1.82, 2.24) is 15.6 Å². The first-order valence-corrected chi connectivity index (χ1v) is 8.73. The van der Waals surface area contributed by atoms with Crippen molar-refractivity contribution in [2.75, 3.05) is 14.2 Å². The van der Waals surface area contributed by atoms with Crippen LogP contribution in [0.2, 0.25) is 0 Å². The van der Waals surface area contributed by atoms with Gasteiger partial charge in [-0.05, 0) is 31.5 Å². The van der Waals surface area contributed by atoms with E-state index in [1.54, 1.807) is 30.5 Å². The van der Waals surface area contributed by atoms with Crippen molar-refractivity contribution in [2.45, 2.75) is 33.5 Å². The topological polar surface area (TPSA) is 67.8 Å². The lowest BCUT2D eigenvalue weighted by Gasteiger charge is -2.14. The Hall–Kier alpha value is -2.42. The van der Waals surface area contributed by atoms with Crippen LogP contribution in [-0.4, -0.2) is 31.7 Å². The van der Waals surface area contributed by atoms with Crippen LogP contribution in [-0.2, 0) is 13.1 Å². The number of guanidine groups is 1. The zero-order valence-electron chi connectivity index (χ0n) is 15.1. The maximum absolute atomic E-state index is 12.5. The van der Waals surface area contributed by atoms with Crippen LogP contribution in [0.5, 0.6) is 11.5 Å². The third-order valence-corrected chi connectivity index (χ3v) is 4.62. The second-order valence-electron chi connectivity index (χ2n) is 5.38. The summed E-state index contributed by atoms with van der Waals surface area (Å²) in [6.45, 7) is 2.03. The Bertz CT molecular complexity index is 765. The quantitative estimate of drug-likeness (QED) is 0.567. The molecule has 0 fully saturated rings. The van der Waals surface area contributed by atoms with Crippen molar-refractivity contribution in [3.63, 3.8) is 0 Å². The molecular weight excluding hydrogens is 362 g/mol. The van der Waals surface area contributed by atoms with Gasteiger partial charge in [-0.2, -0.15) is 8.78 Å². The second kappa shape index (κ2) is 9.33. The molecule has 0 saturated carbocycles. The van der Waals surface area contributed by atoms with Gasteiger partial charge in [0.25, 0.3) is 0 Å². The van der Waals surface area contributed by atoms with Gasteiger partial charge in [0.1, 0.15) is 0 Å². The molecule has 2 N–H and O–H groups in total. The predicted octanol–water partition coefficient (Wildman–Crippen LogP) is 3.24. The fraction of sp³-hybridized carbons (Fsp3) is 0.412. The molecule has 0 unspecified atom stereocenters. The number of aromatic nitrogens is 1. The number of alkyl halides is 2. The van der Waals surface area contributed by atoms with Crippen LogP contribution in [0.15, 0.2) is 23.2 Å². The number of benzene rings is 1. The summed E-state index contributed by atoms with van der Waals surface area (Å²) in [6.07, 6.45) is 0. The van der Waals surface area contributed by atoms with Gasteiger partial charge < -0.3 is 20.1 Å². The van der Waals surface area contributed by atoms with E-state index in [4.69, 9.17) is 4.74 Å². The molecule has 0 bridgehead atoms. The van der Waals surface area contributed by atoms with Gasteiger partial charge >= 0.3 is 6.61 Å². The third-order valence-electron chi connectivity index (χ3n) is 3.54. The number of nitrogens with one attached hydrogen (secondary N) is 2. The van der Waals surface area contributed by atoms with Gasteiger partial charge in [0, 0.05) is 18.5 Å². The number of hydrogen-bond donors (Lipinski definition) is 2. The summed E-state index contributed by atoms with van der Waals surface area (Å²) in [7, 11) is 3.07. The Morgan fingerprint density at radius 2 is 1.96 bits per heavy atom. The number of nitrogens with zero attached hydrogens (tertiary/aromatic N) is 2. The van der Waals surface area contributed by atoms with E-state index >= 15 is 0 Å². The number of thiazole rings is 1.